The van der Waals surface area contributed by atoms with E-state index in [1.54, 1.807) is 48.7 Å². The molecule has 0 fully saturated rings. The van der Waals surface area contributed by atoms with Crippen molar-refractivity contribution in [1.82, 2.24) is 19.1 Å². The number of hydrogen-bond donors (Lipinski definition) is 0. The second kappa shape index (κ2) is 20.2. The zero-order chi connectivity index (χ0) is 93.9. The standard InChI is InChI=1S/C81H87N5O/c1-75(2,3)55-30-25-51(26-31-55)52-29-36-68-70(45-52)84(73-49-58(48-71(83-73)77(7,8)9)87-57-32-33-62-61-21-18-19-24-67(61)86(69(62)47-57)72-46-56(37-42-82-72)76(4,5)6)50-85(68)74-59(53-27-34-63-65(43-53)80(14,15)40-38-78(63,10)11)22-20-23-60(74)54-28-35-64-66(44-54)81(16,17)41-39-79(64,12)13/h18-37,42-49H,38-41H2,1-17H3/i10D3,11D3,12D3,13D3,14D3,15D3,16D3,17D3,27D,28D,34D,35D,38D2,39D2,40D2,41D2,43D,44D. The van der Waals surface area contributed by atoms with Crippen LogP contribution in [0.5, 0.6) is 11.5 Å². The van der Waals surface area contributed by atoms with E-state index in [1.165, 1.54) is 16.7 Å². The van der Waals surface area contributed by atoms with Gasteiger partial charge >= 0.3 is 0 Å². The Morgan fingerprint density at radius 2 is 1.09 bits per heavy atom. The molecule has 442 valence electrons. The third-order valence-electron chi connectivity index (χ3n) is 16.0. The second-order valence-electron chi connectivity index (χ2n) is 25.6. The number of benzene rings is 7. The molecule has 0 radical (unpaired) electrons. The first-order valence-electron chi connectivity index (χ1n) is 47.3. The van der Waals surface area contributed by atoms with Crippen molar-refractivity contribution in [2.75, 3.05) is 0 Å². The summed E-state index contributed by atoms with van der Waals surface area (Å²) in [4.78, 5) is 10.1. The summed E-state index contributed by atoms with van der Waals surface area (Å²) in [5.74, 6) is 0.806. The molecule has 7 aromatic carbocycles. The molecule has 6 nitrogen and oxygen atoms in total. The average Bonchev–Trinajstić information content (AvgIpc) is 0.893. The van der Waals surface area contributed by atoms with Crippen LogP contribution in [0.15, 0.2) is 170 Å². The highest BCUT2D eigenvalue weighted by Crippen LogP contribution is 2.50. The highest BCUT2D eigenvalue weighted by Gasteiger charge is 2.39. The van der Waals surface area contributed by atoms with Gasteiger partial charge in [0.2, 0.25) is 0 Å². The zero-order valence-electron chi connectivity index (χ0n) is 87.3. The summed E-state index contributed by atoms with van der Waals surface area (Å²) in [5, 5.41) is 1.68. The fraction of sp³-hybridized carbons (Fsp3) is 0.346. The van der Waals surface area contributed by atoms with E-state index in [1.807, 2.05) is 101 Å². The van der Waals surface area contributed by atoms with Gasteiger partial charge in [-0.15, -0.1) is 0 Å². The van der Waals surface area contributed by atoms with E-state index < -0.39 is 194 Å². The van der Waals surface area contributed by atoms with Crippen LogP contribution >= 0.6 is 0 Å². The maximum atomic E-state index is 10.6. The molecule has 2 aliphatic rings. The van der Waals surface area contributed by atoms with Gasteiger partial charge in [0, 0.05) is 90.1 Å². The van der Waals surface area contributed by atoms with E-state index >= 15 is 0 Å². The lowest BCUT2D eigenvalue weighted by molar-refractivity contribution is -0.571. The molecule has 4 aromatic heterocycles. The molecular weight excluding hydrogens is 1060 g/mol. The van der Waals surface area contributed by atoms with Crippen LogP contribution in [0.3, 0.4) is 0 Å². The van der Waals surface area contributed by atoms with E-state index in [2.05, 4.69) is 27.1 Å². The number of para-hydroxylation sites is 2. The Balaban J connectivity index is 1.26. The summed E-state index contributed by atoms with van der Waals surface area (Å²) in [6.45, 7) is -19.0. The first kappa shape index (κ1) is 28.8. The van der Waals surface area contributed by atoms with Crippen molar-refractivity contribution in [2.24, 2.45) is 0 Å². The Morgan fingerprint density at radius 1 is 0.506 bits per heavy atom. The first-order valence-corrected chi connectivity index (χ1v) is 28.3. The average molecular weight is 1180 g/mol. The molecule has 0 saturated heterocycles. The Bertz CT molecular complexity index is 6000. The van der Waals surface area contributed by atoms with Gasteiger partial charge in [-0.2, -0.15) is 0 Å². The van der Waals surface area contributed by atoms with Crippen LogP contribution in [0.4, 0.5) is 0 Å². The lowest BCUT2D eigenvalue weighted by atomic mass is 9.62. The minimum absolute atomic E-state index is 0.0185. The molecule has 0 aliphatic heterocycles. The lowest BCUT2D eigenvalue weighted by Crippen LogP contribution is -2.34. The molecule has 11 aromatic rings. The van der Waals surface area contributed by atoms with Crippen LogP contribution in [0, 0.1) is 6.33 Å². The third-order valence-corrected chi connectivity index (χ3v) is 16.0. The van der Waals surface area contributed by atoms with Crippen LogP contribution < -0.4 is 9.30 Å². The summed E-state index contributed by atoms with van der Waals surface area (Å²) in [6.07, 6.45) is -14.5. The van der Waals surface area contributed by atoms with Crippen molar-refractivity contribution < 1.29 is 61.4 Å². The summed E-state index contributed by atoms with van der Waals surface area (Å²) in [6, 6.07) is 24.3. The molecule has 0 amide bonds. The lowest BCUT2D eigenvalue weighted by Gasteiger charge is -2.42. The predicted octanol–water partition coefficient (Wildman–Crippen LogP) is 21.0. The van der Waals surface area contributed by atoms with E-state index in [-0.39, 0.29) is 39.2 Å². The molecule has 0 spiro atoms. The van der Waals surface area contributed by atoms with Gasteiger partial charge in [0.25, 0.3) is 6.33 Å². The molecule has 0 N–H and O–H groups in total. The monoisotopic (exact) mass is 1180 g/mol. The minimum Gasteiger partial charge on any atom is -0.458 e. The van der Waals surface area contributed by atoms with Crippen molar-refractivity contribution in [3.8, 4) is 62.2 Å². The number of rotatable bonds is 8. The summed E-state index contributed by atoms with van der Waals surface area (Å²) in [7, 11) is 0. The van der Waals surface area contributed by atoms with E-state index in [0.717, 1.165) is 50.2 Å². The van der Waals surface area contributed by atoms with Gasteiger partial charge in [-0.3, -0.25) is 18.7 Å². The number of pyridine rings is 2. The number of imidazole rings is 1. The maximum Gasteiger partial charge on any atom is 0.271 e. The Kier molecular flexibility index (Phi) is 6.70. The number of hydrogen-bond acceptors (Lipinski definition) is 3. The van der Waals surface area contributed by atoms with Crippen molar-refractivity contribution in [3.63, 3.8) is 0 Å². The number of ether oxygens (including phenoxy) is 1. The molecular formula is C81H87N5O. The molecule has 2 aliphatic carbocycles. The van der Waals surface area contributed by atoms with Crippen molar-refractivity contribution >= 4 is 32.8 Å². The molecule has 6 heteroatoms. The van der Waals surface area contributed by atoms with Crippen LogP contribution in [0.25, 0.3) is 83.5 Å². The Morgan fingerprint density at radius 3 is 1.69 bits per heavy atom. The quantitative estimate of drug-likeness (QED) is 0.113. The van der Waals surface area contributed by atoms with Gasteiger partial charge in [-0.1, -0.05) is 226 Å². The zero-order valence-corrected chi connectivity index (χ0v) is 49.3. The molecule has 4 heterocycles. The van der Waals surface area contributed by atoms with Gasteiger partial charge in [0.05, 0.1) is 36.0 Å². The minimum atomic E-state index is -4.88. The molecule has 0 atom stereocenters. The fourth-order valence-electron chi connectivity index (χ4n) is 11.3. The van der Waals surface area contributed by atoms with Crippen molar-refractivity contribution in [3.05, 3.63) is 215 Å². The fourth-order valence-corrected chi connectivity index (χ4v) is 11.3. The molecule has 0 saturated carbocycles. The molecule has 13 rings (SSSR count). The summed E-state index contributed by atoms with van der Waals surface area (Å²) < 4.78 is 370. The second-order valence-corrected chi connectivity index (χ2v) is 25.6. The van der Waals surface area contributed by atoms with Gasteiger partial charge in [-0.25, -0.2) is 4.98 Å². The van der Waals surface area contributed by atoms with Gasteiger partial charge in [-0.05, 0) is 161 Å². The van der Waals surface area contributed by atoms with Gasteiger partial charge in [0.1, 0.15) is 17.3 Å². The highest BCUT2D eigenvalue weighted by molar-refractivity contribution is 6.09. The predicted molar refractivity (Wildman–Crippen MR) is 363 cm³/mol. The van der Waals surface area contributed by atoms with Gasteiger partial charge in [0.15, 0.2) is 5.82 Å². The maximum absolute atomic E-state index is 10.6. The van der Waals surface area contributed by atoms with Crippen molar-refractivity contribution in [2.45, 2.75) is 181 Å². The third kappa shape index (κ3) is 10.3. The van der Waals surface area contributed by atoms with Crippen LogP contribution in [0.2, 0.25) is 0 Å². The largest absolute Gasteiger partial charge is 0.458 e. The van der Waals surface area contributed by atoms with Crippen molar-refractivity contribution in [1.29, 1.82) is 0 Å². The topological polar surface area (TPSA) is 48.8 Å². The number of aromatic nitrogens is 5. The molecule has 0 bridgehead atoms. The normalized spacial score (nSPS) is 26.2. The Hall–Kier alpha value is -8.09. The van der Waals surface area contributed by atoms with Crippen LogP contribution in [0.1, 0.15) is 234 Å². The van der Waals surface area contributed by atoms with Crippen LogP contribution in [-0.4, -0.2) is 19.1 Å². The smallest absolute Gasteiger partial charge is 0.271 e. The van der Waals surface area contributed by atoms with E-state index in [4.69, 9.17) is 31.2 Å². The van der Waals surface area contributed by atoms with Gasteiger partial charge < -0.3 is 4.74 Å². The number of fused-ring (bicyclic) bond motifs is 6. The summed E-state index contributed by atoms with van der Waals surface area (Å²) in [5.41, 5.74) is -29.2. The SMILES string of the molecule is [2H]c1c([2H])c2c(c([2H])c1-c1cccc(-c3c([2H])c([2H])c4c(c3[2H])C(C([2H])([2H])[2H])(C([2H])([2H])[2H])C([2H])([2H])C([2H])([2H])C4(C([2H])([2H])[2H])C([2H])([2H])[2H])c1-[n+]1[c-]n(-c3cc(Oc4ccc5c6ccccc6n(-c6cc(C(C)(C)C)ccn6)c5c4)cc(C(C)(C)C)n3)c3cc(-c4ccc(C(C)(C)C)cc4)ccc31)C(C([2H])([2H])[2H])(C([2H])([2H])[2H])C([2H])([2H])C([2H])([2H])C2(C([2H])([2H])[2H])C([2H])([2H])[2H]. The van der Waals surface area contributed by atoms with E-state index in [0.29, 0.717) is 28.2 Å². The molecule has 0 unspecified atom stereocenters. The van der Waals surface area contributed by atoms with E-state index in [9.17, 15) is 35.6 Å². The Labute approximate surface area is 570 Å². The molecule has 87 heavy (non-hydrogen) atoms. The first-order chi connectivity index (χ1) is 56.6. The highest BCUT2D eigenvalue weighted by atomic mass is 16.5. The van der Waals surface area contributed by atoms with Crippen LogP contribution in [-0.2, 0) is 37.9 Å². The number of nitrogens with zero attached hydrogens (tertiary/aromatic N) is 5. The summed E-state index contributed by atoms with van der Waals surface area (Å²) >= 11 is 0.